The molecule has 19 heavy (non-hydrogen) atoms. The Bertz CT molecular complexity index is 421. The zero-order chi connectivity index (χ0) is 13.9. The Kier molecular flexibility index (Phi) is 4.75. The highest BCUT2D eigenvalue weighted by Crippen LogP contribution is 2.35. The Balaban J connectivity index is 1.93. The maximum Gasteiger partial charge on any atom is 0.124 e. The molecule has 1 aliphatic rings. The average molecular weight is 282 g/mol. The Morgan fingerprint density at radius 3 is 2.63 bits per heavy atom. The number of rotatable bonds is 4. The third kappa shape index (κ3) is 3.87. The van der Waals surface area contributed by atoms with E-state index >= 15 is 0 Å². The molecule has 0 unspecified atom stereocenters. The van der Waals surface area contributed by atoms with Gasteiger partial charge in [-0.2, -0.15) is 0 Å². The minimum absolute atomic E-state index is 0.514. The minimum atomic E-state index is 0.514. The van der Waals surface area contributed by atoms with Crippen LogP contribution in [0.3, 0.4) is 0 Å². The van der Waals surface area contributed by atoms with Crippen molar-refractivity contribution in [2.75, 3.05) is 7.11 Å². The molecule has 2 nitrogen and oxygen atoms in total. The second-order valence-electron chi connectivity index (χ2n) is 6.24. The van der Waals surface area contributed by atoms with Crippen molar-refractivity contribution in [3.8, 4) is 5.75 Å². The second-order valence-corrected chi connectivity index (χ2v) is 6.65. The van der Waals surface area contributed by atoms with Crippen LogP contribution in [0.5, 0.6) is 5.75 Å². The van der Waals surface area contributed by atoms with E-state index in [4.69, 9.17) is 16.3 Å². The summed E-state index contributed by atoms with van der Waals surface area (Å²) in [6.45, 7) is 5.51. The number of halogens is 1. The first-order valence-electron chi connectivity index (χ1n) is 7.06. The Morgan fingerprint density at radius 1 is 1.32 bits per heavy atom. The maximum atomic E-state index is 6.25. The van der Waals surface area contributed by atoms with Crippen molar-refractivity contribution in [2.24, 2.45) is 5.41 Å². The Labute approximate surface area is 121 Å². The van der Waals surface area contributed by atoms with E-state index in [0.29, 0.717) is 11.5 Å². The summed E-state index contributed by atoms with van der Waals surface area (Å²) in [5, 5.41) is 4.41. The van der Waals surface area contributed by atoms with E-state index in [9.17, 15) is 0 Å². The lowest BCUT2D eigenvalue weighted by Gasteiger charge is -2.34. The molecule has 0 saturated heterocycles. The molecule has 3 heteroatoms. The van der Waals surface area contributed by atoms with Crippen LogP contribution in [-0.4, -0.2) is 13.2 Å². The standard InChI is InChI=1S/C16H24ClNO/c1-16(2)9-7-12(8-10-16)18-11-13-14(17)5-4-6-15(13)19-3/h4-6,12,18H,7-11H2,1-3H3. The van der Waals surface area contributed by atoms with Crippen LogP contribution in [-0.2, 0) is 6.54 Å². The van der Waals surface area contributed by atoms with Crippen LogP contribution in [0.15, 0.2) is 18.2 Å². The van der Waals surface area contributed by atoms with Gasteiger partial charge >= 0.3 is 0 Å². The molecule has 1 aromatic rings. The lowest BCUT2D eigenvalue weighted by molar-refractivity contribution is 0.205. The van der Waals surface area contributed by atoms with Gasteiger partial charge in [-0.1, -0.05) is 31.5 Å². The summed E-state index contributed by atoms with van der Waals surface area (Å²) in [6, 6.07) is 6.42. The van der Waals surface area contributed by atoms with Crippen LogP contribution in [0.25, 0.3) is 0 Å². The number of hydrogen-bond donors (Lipinski definition) is 1. The van der Waals surface area contributed by atoms with E-state index in [-0.39, 0.29) is 0 Å². The van der Waals surface area contributed by atoms with Gasteiger partial charge in [-0.25, -0.2) is 0 Å². The third-order valence-corrected chi connectivity index (χ3v) is 4.56. The monoisotopic (exact) mass is 281 g/mol. The van der Waals surface area contributed by atoms with Gasteiger partial charge < -0.3 is 10.1 Å². The first-order valence-corrected chi connectivity index (χ1v) is 7.44. The van der Waals surface area contributed by atoms with E-state index in [1.165, 1.54) is 25.7 Å². The van der Waals surface area contributed by atoms with Crippen LogP contribution in [0, 0.1) is 5.41 Å². The van der Waals surface area contributed by atoms with Crippen LogP contribution in [0.4, 0.5) is 0 Å². The molecule has 0 aliphatic heterocycles. The highest BCUT2D eigenvalue weighted by molar-refractivity contribution is 6.31. The summed E-state index contributed by atoms with van der Waals surface area (Å²) >= 11 is 6.25. The van der Waals surface area contributed by atoms with Crippen LogP contribution >= 0.6 is 11.6 Å². The zero-order valence-electron chi connectivity index (χ0n) is 12.1. The lowest BCUT2D eigenvalue weighted by Crippen LogP contribution is -2.35. The highest BCUT2D eigenvalue weighted by atomic mass is 35.5. The van der Waals surface area contributed by atoms with Gasteiger partial charge in [-0.15, -0.1) is 0 Å². The van der Waals surface area contributed by atoms with Crippen LogP contribution in [0.1, 0.15) is 45.1 Å². The number of ether oxygens (including phenoxy) is 1. The van der Waals surface area contributed by atoms with Crippen molar-refractivity contribution in [3.05, 3.63) is 28.8 Å². The fourth-order valence-electron chi connectivity index (χ4n) is 2.75. The normalized spacial score (nSPS) is 19.4. The average Bonchev–Trinajstić information content (AvgIpc) is 2.38. The third-order valence-electron chi connectivity index (χ3n) is 4.20. The summed E-state index contributed by atoms with van der Waals surface area (Å²) in [5.41, 5.74) is 1.58. The van der Waals surface area contributed by atoms with E-state index in [0.717, 1.165) is 22.9 Å². The highest BCUT2D eigenvalue weighted by Gasteiger charge is 2.26. The first-order chi connectivity index (χ1) is 9.02. The predicted octanol–water partition coefficient (Wildman–Crippen LogP) is 4.41. The summed E-state index contributed by atoms with van der Waals surface area (Å²) in [6.07, 6.45) is 5.09. The number of nitrogens with one attached hydrogen (secondary N) is 1. The molecule has 1 aliphatic carbocycles. The molecule has 0 aromatic heterocycles. The predicted molar refractivity (Wildman–Crippen MR) is 80.9 cm³/mol. The van der Waals surface area contributed by atoms with E-state index in [1.54, 1.807) is 7.11 Å². The molecule has 0 radical (unpaired) electrons. The fraction of sp³-hybridized carbons (Fsp3) is 0.625. The summed E-state index contributed by atoms with van der Waals surface area (Å²) in [5.74, 6) is 0.871. The second kappa shape index (κ2) is 6.15. The Morgan fingerprint density at radius 2 is 2.00 bits per heavy atom. The molecular weight excluding hydrogens is 258 g/mol. The molecule has 2 rings (SSSR count). The molecule has 106 valence electrons. The molecule has 1 aromatic carbocycles. The minimum Gasteiger partial charge on any atom is -0.496 e. The quantitative estimate of drug-likeness (QED) is 0.883. The lowest BCUT2D eigenvalue weighted by atomic mass is 9.75. The molecule has 1 fully saturated rings. The SMILES string of the molecule is COc1cccc(Cl)c1CNC1CCC(C)(C)CC1. The van der Waals surface area contributed by atoms with E-state index in [2.05, 4.69) is 19.2 Å². The van der Waals surface area contributed by atoms with Crippen molar-refractivity contribution in [2.45, 2.75) is 52.1 Å². The summed E-state index contributed by atoms with van der Waals surface area (Å²) in [7, 11) is 1.69. The molecule has 1 saturated carbocycles. The zero-order valence-corrected chi connectivity index (χ0v) is 12.9. The van der Waals surface area contributed by atoms with Gasteiger partial charge in [0.2, 0.25) is 0 Å². The van der Waals surface area contributed by atoms with E-state index in [1.807, 2.05) is 18.2 Å². The Hall–Kier alpha value is -0.730. The van der Waals surface area contributed by atoms with Crippen molar-refractivity contribution in [1.82, 2.24) is 5.32 Å². The molecule has 1 N–H and O–H groups in total. The molecule has 0 amide bonds. The number of methoxy groups -OCH3 is 1. The van der Waals surface area contributed by atoms with Crippen molar-refractivity contribution in [3.63, 3.8) is 0 Å². The van der Waals surface area contributed by atoms with Crippen molar-refractivity contribution < 1.29 is 4.74 Å². The smallest absolute Gasteiger partial charge is 0.124 e. The van der Waals surface area contributed by atoms with Crippen molar-refractivity contribution in [1.29, 1.82) is 0 Å². The van der Waals surface area contributed by atoms with Crippen molar-refractivity contribution >= 4 is 11.6 Å². The molecule has 0 heterocycles. The maximum absolute atomic E-state index is 6.25. The largest absolute Gasteiger partial charge is 0.496 e. The molecule has 0 bridgehead atoms. The summed E-state index contributed by atoms with van der Waals surface area (Å²) < 4.78 is 5.37. The van der Waals surface area contributed by atoms with Gasteiger partial charge in [0.25, 0.3) is 0 Å². The molecule has 0 atom stereocenters. The fourth-order valence-corrected chi connectivity index (χ4v) is 2.98. The first kappa shape index (κ1) is 14.7. The van der Waals surface area contributed by atoms with Gasteiger partial charge in [0.1, 0.15) is 5.75 Å². The van der Waals surface area contributed by atoms with Gasteiger partial charge in [0.05, 0.1) is 7.11 Å². The van der Waals surface area contributed by atoms with Crippen LogP contribution < -0.4 is 10.1 Å². The van der Waals surface area contributed by atoms with Gasteiger partial charge in [-0.3, -0.25) is 0 Å². The topological polar surface area (TPSA) is 21.3 Å². The number of hydrogen-bond acceptors (Lipinski definition) is 2. The van der Waals surface area contributed by atoms with E-state index < -0.39 is 0 Å². The van der Waals surface area contributed by atoms with Gasteiger partial charge in [0, 0.05) is 23.2 Å². The summed E-state index contributed by atoms with van der Waals surface area (Å²) in [4.78, 5) is 0. The number of benzene rings is 1. The molecule has 0 spiro atoms. The molecular formula is C16H24ClNO. The van der Waals surface area contributed by atoms with Crippen LogP contribution in [0.2, 0.25) is 5.02 Å². The van der Waals surface area contributed by atoms with Gasteiger partial charge in [-0.05, 0) is 43.2 Å². The van der Waals surface area contributed by atoms with Gasteiger partial charge in [0.15, 0.2) is 0 Å².